The van der Waals surface area contributed by atoms with Gasteiger partial charge < -0.3 is 4.74 Å². The summed E-state index contributed by atoms with van der Waals surface area (Å²) in [4.78, 5) is 25.0. The van der Waals surface area contributed by atoms with Crippen molar-refractivity contribution in [2.24, 2.45) is 0 Å². The summed E-state index contributed by atoms with van der Waals surface area (Å²) in [6, 6.07) is 8.98. The first kappa shape index (κ1) is 14.8. The lowest BCUT2D eigenvalue weighted by Crippen LogP contribution is -2.17. The molecule has 0 radical (unpaired) electrons. The first-order chi connectivity index (χ1) is 12.2. The third-order valence-corrected chi connectivity index (χ3v) is 3.74. The van der Waals surface area contributed by atoms with Crippen LogP contribution in [0.1, 0.15) is 10.4 Å². The highest BCUT2D eigenvalue weighted by atomic mass is 16.5. The molecule has 2 aromatic rings. The van der Waals surface area contributed by atoms with Crippen LogP contribution in [0.15, 0.2) is 60.2 Å². The minimum absolute atomic E-state index is 0.167. The molecule has 0 aliphatic carbocycles. The maximum absolute atomic E-state index is 12.8. The molecule has 0 amide bonds. The van der Waals surface area contributed by atoms with E-state index in [2.05, 4.69) is 15.3 Å². The number of fused-ring (bicyclic) bond motifs is 1. The molecule has 0 N–H and O–H groups in total. The molecule has 2 aliphatic rings. The number of para-hydroxylation sites is 1. The molecule has 3 heterocycles. The quantitative estimate of drug-likeness (QED) is 0.514. The summed E-state index contributed by atoms with van der Waals surface area (Å²) in [5, 5.41) is 11.8. The summed E-state index contributed by atoms with van der Waals surface area (Å²) < 4.78 is 9.12. The van der Waals surface area contributed by atoms with Crippen molar-refractivity contribution in [1.29, 1.82) is 0 Å². The van der Waals surface area contributed by atoms with Crippen LogP contribution >= 0.6 is 0 Å². The van der Waals surface area contributed by atoms with Gasteiger partial charge in [0, 0.05) is 12.4 Å². The Morgan fingerprint density at radius 2 is 1.76 bits per heavy atom. The van der Waals surface area contributed by atoms with Crippen LogP contribution < -0.4 is 5.56 Å². The molecular weight excluding hydrogens is 324 g/mol. The van der Waals surface area contributed by atoms with E-state index in [4.69, 9.17) is 4.74 Å². The number of carbonyl (C=O) groups is 1. The molecule has 2 aliphatic heterocycles. The predicted molar refractivity (Wildman–Crippen MR) is 86.6 cm³/mol. The van der Waals surface area contributed by atoms with Crippen molar-refractivity contribution < 1.29 is 9.53 Å². The molecule has 9 heteroatoms. The summed E-state index contributed by atoms with van der Waals surface area (Å²) in [5.74, 6) is -0.592. The van der Waals surface area contributed by atoms with Gasteiger partial charge in [0.2, 0.25) is 0 Å². The van der Waals surface area contributed by atoms with Gasteiger partial charge in [0.15, 0.2) is 0 Å². The van der Waals surface area contributed by atoms with E-state index >= 15 is 0 Å². The fourth-order valence-corrected chi connectivity index (χ4v) is 2.54. The largest absolute Gasteiger partial charge is 0.465 e. The average molecular weight is 336 g/mol. The average Bonchev–Trinajstić information content (AvgIpc) is 3.30. The standard InChI is InChI=1S/C16H12N6O3/c1-25-16(24)13-8-20(21-9-17-18-10-21)7-12-14(13)19-22(15(12)23)11-5-3-2-4-6-11/h2-10H,1H3. The molecule has 0 spiro atoms. The maximum atomic E-state index is 12.8. The van der Waals surface area contributed by atoms with Gasteiger partial charge in [-0.3, -0.25) is 9.47 Å². The normalized spacial score (nSPS) is 10.9. The molecule has 124 valence electrons. The van der Waals surface area contributed by atoms with Crippen molar-refractivity contribution in [2.45, 2.75) is 0 Å². The van der Waals surface area contributed by atoms with Gasteiger partial charge in [-0.1, -0.05) is 18.2 Å². The summed E-state index contributed by atoms with van der Waals surface area (Å²) in [7, 11) is 1.27. The lowest BCUT2D eigenvalue weighted by Gasteiger charge is -2.11. The highest BCUT2D eigenvalue weighted by Crippen LogP contribution is 2.22. The zero-order valence-electron chi connectivity index (χ0n) is 13.1. The van der Waals surface area contributed by atoms with Crippen molar-refractivity contribution in [3.05, 3.63) is 71.3 Å². The molecule has 0 fully saturated rings. The van der Waals surface area contributed by atoms with Crippen LogP contribution in [0, 0.1) is 0 Å². The molecule has 0 unspecified atom stereocenters. The summed E-state index contributed by atoms with van der Waals surface area (Å²) >= 11 is 0. The molecule has 1 aromatic carbocycles. The Morgan fingerprint density at radius 1 is 1.04 bits per heavy atom. The van der Waals surface area contributed by atoms with Crippen LogP contribution in [0.4, 0.5) is 0 Å². The molecule has 4 rings (SSSR count). The van der Waals surface area contributed by atoms with E-state index in [0.717, 1.165) is 0 Å². The number of benzene rings is 1. The number of pyridine rings is 1. The molecule has 1 aromatic heterocycles. The lowest BCUT2D eigenvalue weighted by molar-refractivity contribution is 0.0600. The molecule has 0 saturated heterocycles. The summed E-state index contributed by atoms with van der Waals surface area (Å²) in [6.07, 6.45) is 5.97. The van der Waals surface area contributed by atoms with Gasteiger partial charge in [-0.05, 0) is 12.1 Å². The third kappa shape index (κ3) is 2.38. The fourth-order valence-electron chi connectivity index (χ4n) is 2.54. The van der Waals surface area contributed by atoms with Crippen molar-refractivity contribution in [1.82, 2.24) is 29.3 Å². The lowest BCUT2D eigenvalue weighted by atomic mass is 10.1. The van der Waals surface area contributed by atoms with Gasteiger partial charge in [-0.15, -0.1) is 10.2 Å². The third-order valence-electron chi connectivity index (χ3n) is 3.74. The van der Waals surface area contributed by atoms with Gasteiger partial charge >= 0.3 is 5.97 Å². The molecule has 0 saturated carbocycles. The predicted octanol–water partition coefficient (Wildman–Crippen LogP) is 0.828. The Kier molecular flexibility index (Phi) is 3.38. The number of nitrogens with zero attached hydrogens (tertiary/aromatic N) is 6. The monoisotopic (exact) mass is 336 g/mol. The topological polar surface area (TPSA) is 96.8 Å². The van der Waals surface area contributed by atoms with E-state index in [1.54, 1.807) is 30.5 Å². The van der Waals surface area contributed by atoms with Crippen molar-refractivity contribution in [2.75, 3.05) is 7.11 Å². The van der Waals surface area contributed by atoms with Crippen molar-refractivity contribution in [3.63, 3.8) is 0 Å². The number of hydrogen-bond donors (Lipinski definition) is 0. The number of methoxy groups -OCH3 is 1. The van der Waals surface area contributed by atoms with E-state index in [-0.39, 0.29) is 22.4 Å². The maximum Gasteiger partial charge on any atom is 0.341 e. The van der Waals surface area contributed by atoms with E-state index in [0.29, 0.717) is 5.69 Å². The first-order valence-corrected chi connectivity index (χ1v) is 7.33. The summed E-state index contributed by atoms with van der Waals surface area (Å²) in [6.45, 7) is 0. The van der Waals surface area contributed by atoms with E-state index in [9.17, 15) is 9.59 Å². The van der Waals surface area contributed by atoms with Crippen LogP contribution in [0.25, 0.3) is 16.9 Å². The fraction of sp³-hybridized carbons (Fsp3) is 0.0625. The second-order valence-electron chi connectivity index (χ2n) is 5.20. The minimum atomic E-state index is -0.592. The molecule has 9 nitrogen and oxygen atoms in total. The van der Waals surface area contributed by atoms with Gasteiger partial charge in [0.25, 0.3) is 5.56 Å². The van der Waals surface area contributed by atoms with Gasteiger partial charge in [0.05, 0.1) is 18.4 Å². The number of ether oxygens (including phenoxy) is 1. The van der Waals surface area contributed by atoms with E-state index in [1.807, 2.05) is 6.07 Å². The number of carbonyl (C=O) groups excluding carboxylic acids is 1. The Labute approximate surface area is 141 Å². The summed E-state index contributed by atoms with van der Waals surface area (Å²) in [5.41, 5.74) is 0.982. The molecule has 25 heavy (non-hydrogen) atoms. The Hall–Kier alpha value is -3.75. The number of aromatic nitrogens is 6. The molecule has 0 atom stereocenters. The van der Waals surface area contributed by atoms with E-state index < -0.39 is 5.97 Å². The SMILES string of the molecule is COC(=O)c1cn(-n2cnnc2)cc2c(=O)n(-c3ccccc3)nc1-2. The van der Waals surface area contributed by atoms with Crippen LogP contribution in [0.5, 0.6) is 0 Å². The Balaban J connectivity index is 2.02. The van der Waals surface area contributed by atoms with Gasteiger partial charge in [-0.2, -0.15) is 9.78 Å². The smallest absolute Gasteiger partial charge is 0.341 e. The molecule has 0 bridgehead atoms. The van der Waals surface area contributed by atoms with Crippen molar-refractivity contribution >= 4 is 5.97 Å². The van der Waals surface area contributed by atoms with Crippen molar-refractivity contribution in [3.8, 4) is 16.9 Å². The second kappa shape index (κ2) is 5.71. The van der Waals surface area contributed by atoms with Gasteiger partial charge in [0.1, 0.15) is 23.9 Å². The molecular formula is C16H12N6O3. The van der Waals surface area contributed by atoms with Crippen LogP contribution in [0.2, 0.25) is 0 Å². The van der Waals surface area contributed by atoms with Crippen LogP contribution in [-0.2, 0) is 4.74 Å². The zero-order valence-corrected chi connectivity index (χ0v) is 13.1. The highest BCUT2D eigenvalue weighted by Gasteiger charge is 2.25. The van der Waals surface area contributed by atoms with Gasteiger partial charge in [-0.25, -0.2) is 9.47 Å². The van der Waals surface area contributed by atoms with Crippen LogP contribution in [-0.4, -0.2) is 42.4 Å². The second-order valence-corrected chi connectivity index (χ2v) is 5.20. The highest BCUT2D eigenvalue weighted by molar-refractivity contribution is 5.96. The number of hydrogen-bond acceptors (Lipinski definition) is 6. The zero-order chi connectivity index (χ0) is 17.4. The van der Waals surface area contributed by atoms with E-state index in [1.165, 1.54) is 40.0 Å². The number of rotatable bonds is 3. The van der Waals surface area contributed by atoms with Crippen LogP contribution in [0.3, 0.4) is 0 Å². The first-order valence-electron chi connectivity index (χ1n) is 7.33. The Bertz CT molecular complexity index is 1070. The Morgan fingerprint density at radius 3 is 2.44 bits per heavy atom. The number of esters is 1. The minimum Gasteiger partial charge on any atom is -0.465 e.